The fourth-order valence-electron chi connectivity index (χ4n) is 4.36. The summed E-state index contributed by atoms with van der Waals surface area (Å²) in [5.74, 6) is 1.57. The van der Waals surface area contributed by atoms with E-state index < -0.39 is 0 Å². The molecular weight excluding hydrogens is 412 g/mol. The highest BCUT2D eigenvalue weighted by atomic mass is 35.5. The maximum Gasteiger partial charge on any atom is 0.226 e. The molecule has 2 aliphatic rings. The number of aromatic nitrogens is 3. The number of nitrogens with zero attached hydrogens (tertiary/aromatic N) is 3. The van der Waals surface area contributed by atoms with E-state index in [4.69, 9.17) is 21.1 Å². The first kappa shape index (κ1) is 18.7. The molecule has 7 heteroatoms. The molecule has 156 valence electrons. The molecule has 31 heavy (non-hydrogen) atoms. The van der Waals surface area contributed by atoms with Crippen LogP contribution in [0.3, 0.4) is 0 Å². The van der Waals surface area contributed by atoms with E-state index in [-0.39, 0.29) is 12.1 Å². The summed E-state index contributed by atoms with van der Waals surface area (Å²) in [5, 5.41) is 1.94. The smallest absolute Gasteiger partial charge is 0.226 e. The van der Waals surface area contributed by atoms with E-state index >= 15 is 0 Å². The first-order valence-electron chi connectivity index (χ1n) is 10.4. The van der Waals surface area contributed by atoms with Gasteiger partial charge in [0.1, 0.15) is 18.5 Å². The number of aromatic amines is 1. The fourth-order valence-corrected chi connectivity index (χ4v) is 4.53. The summed E-state index contributed by atoms with van der Waals surface area (Å²) < 4.78 is 11.1. The number of rotatable bonds is 5. The van der Waals surface area contributed by atoms with Crippen LogP contribution in [0.1, 0.15) is 22.9 Å². The van der Waals surface area contributed by atoms with Gasteiger partial charge in [-0.1, -0.05) is 23.7 Å². The molecule has 0 spiro atoms. The number of epoxide rings is 1. The van der Waals surface area contributed by atoms with Crippen molar-refractivity contribution < 1.29 is 9.47 Å². The van der Waals surface area contributed by atoms with Crippen LogP contribution in [0.2, 0.25) is 5.02 Å². The van der Waals surface area contributed by atoms with Crippen molar-refractivity contribution in [3.05, 3.63) is 82.8 Å². The van der Waals surface area contributed by atoms with E-state index in [0.717, 1.165) is 53.1 Å². The van der Waals surface area contributed by atoms with Crippen LogP contribution in [0.25, 0.3) is 10.9 Å². The Labute approximate surface area is 184 Å². The van der Waals surface area contributed by atoms with Gasteiger partial charge in [-0.2, -0.15) is 0 Å². The van der Waals surface area contributed by atoms with Crippen LogP contribution in [0.5, 0.6) is 5.75 Å². The second-order valence-electron chi connectivity index (χ2n) is 7.94. The predicted molar refractivity (Wildman–Crippen MR) is 120 cm³/mol. The van der Waals surface area contributed by atoms with Crippen LogP contribution in [-0.4, -0.2) is 40.8 Å². The van der Waals surface area contributed by atoms with Crippen LogP contribution < -0.4 is 9.64 Å². The predicted octanol–water partition coefficient (Wildman–Crippen LogP) is 4.54. The SMILES string of the molecule is Clc1ccc2[nH]c3c(c2c1)CCN(c1ncccn1)C3c1ccc(OCC2CO2)cc1. The van der Waals surface area contributed by atoms with Crippen LogP contribution in [0.4, 0.5) is 5.95 Å². The molecule has 1 fully saturated rings. The number of hydrogen-bond donors (Lipinski definition) is 1. The molecule has 2 aromatic heterocycles. The molecule has 0 radical (unpaired) electrons. The summed E-state index contributed by atoms with van der Waals surface area (Å²) >= 11 is 6.30. The number of benzene rings is 2. The lowest BCUT2D eigenvalue weighted by atomic mass is 9.92. The van der Waals surface area contributed by atoms with Gasteiger partial charge >= 0.3 is 0 Å². The molecule has 0 aliphatic carbocycles. The third-order valence-corrected chi connectivity index (χ3v) is 6.17. The quantitative estimate of drug-likeness (QED) is 0.469. The molecule has 2 aromatic carbocycles. The van der Waals surface area contributed by atoms with E-state index in [1.54, 1.807) is 12.4 Å². The molecule has 1 N–H and O–H groups in total. The van der Waals surface area contributed by atoms with Gasteiger partial charge < -0.3 is 19.4 Å². The van der Waals surface area contributed by atoms with Gasteiger partial charge in [0.25, 0.3) is 0 Å². The van der Waals surface area contributed by atoms with Gasteiger partial charge in [-0.05, 0) is 53.9 Å². The molecule has 2 atom stereocenters. The van der Waals surface area contributed by atoms with Gasteiger partial charge in [-0.15, -0.1) is 0 Å². The van der Waals surface area contributed by atoms with Gasteiger partial charge in [0, 0.05) is 40.6 Å². The Balaban J connectivity index is 1.42. The van der Waals surface area contributed by atoms with Crippen molar-refractivity contribution in [1.82, 2.24) is 15.0 Å². The largest absolute Gasteiger partial charge is 0.491 e. The Bertz CT molecular complexity index is 1220. The molecule has 6 nitrogen and oxygen atoms in total. The van der Waals surface area contributed by atoms with Crippen molar-refractivity contribution >= 4 is 28.5 Å². The van der Waals surface area contributed by atoms with Crippen LogP contribution in [0, 0.1) is 0 Å². The van der Waals surface area contributed by atoms with Gasteiger partial charge in [-0.25, -0.2) is 9.97 Å². The van der Waals surface area contributed by atoms with Crippen LogP contribution in [-0.2, 0) is 11.2 Å². The molecule has 6 rings (SSSR count). The second kappa shape index (κ2) is 7.55. The maximum absolute atomic E-state index is 6.30. The van der Waals surface area contributed by atoms with Crippen molar-refractivity contribution in [1.29, 1.82) is 0 Å². The normalized spacial score (nSPS) is 20.0. The molecule has 1 saturated heterocycles. The summed E-state index contributed by atoms with van der Waals surface area (Å²) in [4.78, 5) is 15.0. The standard InChI is InChI=1S/C24H21ClN4O2/c25-16-4-7-21-20(12-16)19-8-11-29(24-26-9-1-10-27-24)23(22(19)28-21)15-2-5-17(6-3-15)30-13-18-14-31-18/h1-7,9-10,12,18,23,28H,8,11,13-14H2. The summed E-state index contributed by atoms with van der Waals surface area (Å²) in [6.45, 7) is 2.21. The zero-order valence-corrected chi connectivity index (χ0v) is 17.5. The van der Waals surface area contributed by atoms with E-state index in [0.29, 0.717) is 6.61 Å². The average Bonchev–Trinajstić information content (AvgIpc) is 3.57. The molecular formula is C24H21ClN4O2. The highest BCUT2D eigenvalue weighted by Gasteiger charge is 2.33. The number of H-pyrrole nitrogens is 1. The summed E-state index contributed by atoms with van der Waals surface area (Å²) in [5.41, 5.74) is 4.72. The topological polar surface area (TPSA) is 66.6 Å². The van der Waals surface area contributed by atoms with Crippen molar-refractivity contribution in [3.8, 4) is 5.75 Å². The second-order valence-corrected chi connectivity index (χ2v) is 8.37. The summed E-state index contributed by atoms with van der Waals surface area (Å²) in [6.07, 6.45) is 4.71. The number of anilines is 1. The van der Waals surface area contributed by atoms with Gasteiger partial charge in [-0.3, -0.25) is 0 Å². The Kier molecular flexibility index (Phi) is 4.55. The van der Waals surface area contributed by atoms with E-state index in [2.05, 4.69) is 38.1 Å². The lowest BCUT2D eigenvalue weighted by Crippen LogP contribution is -2.37. The monoisotopic (exact) mass is 432 g/mol. The molecule has 4 heterocycles. The Morgan fingerprint density at radius 1 is 1.13 bits per heavy atom. The van der Waals surface area contributed by atoms with Crippen molar-refractivity contribution in [3.63, 3.8) is 0 Å². The van der Waals surface area contributed by atoms with Crippen molar-refractivity contribution in [2.45, 2.75) is 18.6 Å². The van der Waals surface area contributed by atoms with Gasteiger partial charge in [0.05, 0.1) is 12.6 Å². The molecule has 0 saturated carbocycles. The van der Waals surface area contributed by atoms with Crippen molar-refractivity contribution in [2.75, 3.05) is 24.7 Å². The zero-order chi connectivity index (χ0) is 20.8. The minimum Gasteiger partial charge on any atom is -0.491 e. The number of hydrogen-bond acceptors (Lipinski definition) is 5. The highest BCUT2D eigenvalue weighted by molar-refractivity contribution is 6.31. The third-order valence-electron chi connectivity index (χ3n) is 5.93. The maximum atomic E-state index is 6.30. The third kappa shape index (κ3) is 3.52. The van der Waals surface area contributed by atoms with E-state index in [1.165, 1.54) is 10.9 Å². The number of halogens is 1. The molecule has 2 unspecified atom stereocenters. The van der Waals surface area contributed by atoms with Gasteiger partial charge in [0.2, 0.25) is 5.95 Å². The number of nitrogens with one attached hydrogen (secondary N) is 1. The minimum atomic E-state index is -0.0295. The highest BCUT2D eigenvalue weighted by Crippen LogP contribution is 2.40. The fraction of sp³-hybridized carbons (Fsp3) is 0.250. The number of fused-ring (bicyclic) bond motifs is 3. The molecule has 4 aromatic rings. The average molecular weight is 433 g/mol. The molecule has 2 aliphatic heterocycles. The Morgan fingerprint density at radius 3 is 2.71 bits per heavy atom. The Hall–Kier alpha value is -3.09. The molecule has 0 amide bonds. The summed E-state index contributed by atoms with van der Waals surface area (Å²) in [7, 11) is 0. The van der Waals surface area contributed by atoms with Crippen molar-refractivity contribution in [2.24, 2.45) is 0 Å². The lowest BCUT2D eigenvalue weighted by Gasteiger charge is -2.36. The minimum absolute atomic E-state index is 0.0295. The number of ether oxygens (including phenoxy) is 2. The van der Waals surface area contributed by atoms with E-state index in [1.807, 2.05) is 30.3 Å². The lowest BCUT2D eigenvalue weighted by molar-refractivity contribution is 0.263. The first-order chi connectivity index (χ1) is 15.3. The van der Waals surface area contributed by atoms with Gasteiger partial charge in [0.15, 0.2) is 0 Å². The van der Waals surface area contributed by atoms with Crippen LogP contribution in [0.15, 0.2) is 60.9 Å². The zero-order valence-electron chi connectivity index (χ0n) is 16.8. The first-order valence-corrected chi connectivity index (χ1v) is 10.8. The van der Waals surface area contributed by atoms with E-state index in [9.17, 15) is 0 Å². The Morgan fingerprint density at radius 2 is 1.94 bits per heavy atom. The summed E-state index contributed by atoms with van der Waals surface area (Å²) in [6, 6.07) is 16.1. The molecule has 0 bridgehead atoms. The van der Waals surface area contributed by atoms with Crippen LogP contribution >= 0.6 is 11.6 Å².